The number of benzene rings is 1. The molecule has 0 aliphatic carbocycles. The highest BCUT2D eigenvalue weighted by molar-refractivity contribution is 5.93. The van der Waals surface area contributed by atoms with Crippen molar-refractivity contribution in [3.8, 4) is 0 Å². The van der Waals surface area contributed by atoms with Crippen LogP contribution in [0.4, 0.5) is 4.79 Å². The molecule has 3 unspecified atom stereocenters. The van der Waals surface area contributed by atoms with Crippen LogP contribution in [0.2, 0.25) is 0 Å². The molecule has 0 aliphatic rings. The van der Waals surface area contributed by atoms with Gasteiger partial charge in [0.2, 0.25) is 11.8 Å². The SMILES string of the molecule is C=CCN(C(=O)C(NC(=O)OC(C)(C)C)C(C)CC)C(C(=O)NC(C)(C)C)c1cc(C)ccc1C. The molecule has 0 aromatic heterocycles. The summed E-state index contributed by atoms with van der Waals surface area (Å²) in [7, 11) is 0. The number of amides is 3. The zero-order valence-corrected chi connectivity index (χ0v) is 23.2. The molecule has 0 spiro atoms. The Hall–Kier alpha value is -2.83. The van der Waals surface area contributed by atoms with Crippen molar-refractivity contribution in [3.63, 3.8) is 0 Å². The Morgan fingerprint density at radius 1 is 1.11 bits per heavy atom. The van der Waals surface area contributed by atoms with Crippen molar-refractivity contribution < 1.29 is 19.1 Å². The normalized spacial score (nSPS) is 14.3. The molecule has 1 aromatic carbocycles. The van der Waals surface area contributed by atoms with Crippen LogP contribution in [-0.4, -0.2) is 46.5 Å². The average Bonchev–Trinajstić information content (AvgIpc) is 2.70. The van der Waals surface area contributed by atoms with Gasteiger partial charge in [0.05, 0.1) is 0 Å². The van der Waals surface area contributed by atoms with E-state index in [2.05, 4.69) is 17.2 Å². The van der Waals surface area contributed by atoms with Gasteiger partial charge in [-0.1, -0.05) is 50.1 Å². The largest absolute Gasteiger partial charge is 0.444 e. The van der Waals surface area contributed by atoms with Gasteiger partial charge in [-0.2, -0.15) is 0 Å². The summed E-state index contributed by atoms with van der Waals surface area (Å²) in [6.45, 7) is 22.7. The molecule has 0 saturated heterocycles. The molecule has 1 aromatic rings. The number of nitrogens with zero attached hydrogens (tertiary/aromatic N) is 1. The highest BCUT2D eigenvalue weighted by atomic mass is 16.6. The lowest BCUT2D eigenvalue weighted by Crippen LogP contribution is -2.56. The molecule has 0 bridgehead atoms. The molecule has 0 radical (unpaired) electrons. The number of nitrogens with one attached hydrogen (secondary N) is 2. The molecule has 3 atom stereocenters. The molecule has 196 valence electrons. The van der Waals surface area contributed by atoms with Gasteiger partial charge in [0.15, 0.2) is 0 Å². The van der Waals surface area contributed by atoms with Gasteiger partial charge < -0.3 is 20.3 Å². The molecule has 7 heteroatoms. The van der Waals surface area contributed by atoms with Crippen molar-refractivity contribution in [3.05, 3.63) is 47.5 Å². The first-order valence-electron chi connectivity index (χ1n) is 12.3. The van der Waals surface area contributed by atoms with Crippen LogP contribution in [0.1, 0.15) is 84.5 Å². The minimum absolute atomic E-state index is 0.136. The van der Waals surface area contributed by atoms with Crippen molar-refractivity contribution in [1.29, 1.82) is 0 Å². The maximum absolute atomic E-state index is 14.0. The lowest BCUT2D eigenvalue weighted by Gasteiger charge is -2.37. The fraction of sp³-hybridized carbons (Fsp3) is 0.607. The Kier molecular flexibility index (Phi) is 10.6. The molecule has 35 heavy (non-hydrogen) atoms. The van der Waals surface area contributed by atoms with Gasteiger partial charge in [-0.25, -0.2) is 4.79 Å². The van der Waals surface area contributed by atoms with Crippen LogP contribution < -0.4 is 10.6 Å². The first kappa shape index (κ1) is 30.2. The van der Waals surface area contributed by atoms with Gasteiger partial charge in [-0.3, -0.25) is 9.59 Å². The summed E-state index contributed by atoms with van der Waals surface area (Å²) in [5.74, 6) is -0.839. The minimum Gasteiger partial charge on any atom is -0.444 e. The number of alkyl carbamates (subject to hydrolysis) is 1. The van der Waals surface area contributed by atoms with Gasteiger partial charge in [0, 0.05) is 12.1 Å². The van der Waals surface area contributed by atoms with Gasteiger partial charge in [0.25, 0.3) is 0 Å². The van der Waals surface area contributed by atoms with E-state index in [9.17, 15) is 14.4 Å². The predicted molar refractivity (Wildman–Crippen MR) is 141 cm³/mol. The van der Waals surface area contributed by atoms with Crippen LogP contribution in [0.15, 0.2) is 30.9 Å². The summed E-state index contributed by atoms with van der Waals surface area (Å²) in [6.07, 6.45) is 1.58. The zero-order chi connectivity index (χ0) is 27.1. The van der Waals surface area contributed by atoms with Crippen molar-refractivity contribution in [2.75, 3.05) is 6.54 Å². The quantitative estimate of drug-likeness (QED) is 0.468. The number of aryl methyl sites for hydroxylation is 2. The Bertz CT molecular complexity index is 912. The Balaban J connectivity index is 3.59. The highest BCUT2D eigenvalue weighted by Crippen LogP contribution is 2.28. The maximum Gasteiger partial charge on any atom is 0.408 e. The van der Waals surface area contributed by atoms with Crippen LogP contribution in [-0.2, 0) is 14.3 Å². The van der Waals surface area contributed by atoms with E-state index in [1.807, 2.05) is 66.7 Å². The fourth-order valence-corrected chi connectivity index (χ4v) is 3.70. The topological polar surface area (TPSA) is 87.7 Å². The van der Waals surface area contributed by atoms with E-state index in [-0.39, 0.29) is 24.3 Å². The molecule has 0 heterocycles. The average molecular weight is 488 g/mol. The van der Waals surface area contributed by atoms with E-state index < -0.39 is 29.3 Å². The van der Waals surface area contributed by atoms with Crippen LogP contribution in [0.5, 0.6) is 0 Å². The van der Waals surface area contributed by atoms with E-state index in [1.54, 1.807) is 26.8 Å². The van der Waals surface area contributed by atoms with Crippen molar-refractivity contribution >= 4 is 17.9 Å². The summed E-state index contributed by atoms with van der Waals surface area (Å²) >= 11 is 0. The molecular formula is C28H45N3O4. The monoisotopic (exact) mass is 487 g/mol. The second-order valence-electron chi connectivity index (χ2n) is 11.3. The first-order valence-corrected chi connectivity index (χ1v) is 12.3. The highest BCUT2D eigenvalue weighted by Gasteiger charge is 2.39. The van der Waals surface area contributed by atoms with E-state index in [0.29, 0.717) is 6.42 Å². The van der Waals surface area contributed by atoms with E-state index >= 15 is 0 Å². The molecular weight excluding hydrogens is 442 g/mol. The minimum atomic E-state index is -0.897. The van der Waals surface area contributed by atoms with Crippen LogP contribution in [0, 0.1) is 19.8 Å². The number of carbonyl (C=O) groups is 3. The molecule has 7 nitrogen and oxygen atoms in total. The van der Waals surface area contributed by atoms with Gasteiger partial charge >= 0.3 is 6.09 Å². The van der Waals surface area contributed by atoms with E-state index in [4.69, 9.17) is 4.74 Å². The third kappa shape index (κ3) is 9.38. The summed E-state index contributed by atoms with van der Waals surface area (Å²) in [4.78, 5) is 41.8. The molecule has 0 aliphatic heterocycles. The van der Waals surface area contributed by atoms with Crippen molar-refractivity contribution in [2.24, 2.45) is 5.92 Å². The van der Waals surface area contributed by atoms with E-state index in [1.165, 1.54) is 4.90 Å². The Labute approximate surface area is 211 Å². The predicted octanol–water partition coefficient (Wildman–Crippen LogP) is 5.21. The summed E-state index contributed by atoms with van der Waals surface area (Å²) in [6, 6.07) is 4.09. The van der Waals surface area contributed by atoms with Gasteiger partial charge in [-0.15, -0.1) is 6.58 Å². The van der Waals surface area contributed by atoms with Gasteiger partial charge in [-0.05, 0) is 72.4 Å². The standard InChI is InChI=1S/C28H45N3O4/c1-12-16-31(25(33)22(19(4)13-2)29-26(34)35-28(9,10)11)23(24(32)30-27(6,7)8)21-17-18(3)14-15-20(21)5/h12,14-15,17,19,22-23H,1,13,16H2,2-11H3,(H,29,34)(H,30,32). The molecule has 1 rings (SSSR count). The first-order chi connectivity index (χ1) is 16.0. The molecule has 2 N–H and O–H groups in total. The third-order valence-electron chi connectivity index (χ3n) is 5.55. The summed E-state index contributed by atoms with van der Waals surface area (Å²) in [5.41, 5.74) is 1.41. The van der Waals surface area contributed by atoms with Gasteiger partial charge in [0.1, 0.15) is 17.7 Å². The lowest BCUT2D eigenvalue weighted by atomic mass is 9.93. The Morgan fingerprint density at radius 2 is 1.71 bits per heavy atom. The number of ether oxygens (including phenoxy) is 1. The number of hydrogen-bond acceptors (Lipinski definition) is 4. The second-order valence-corrected chi connectivity index (χ2v) is 11.3. The number of rotatable bonds is 9. The zero-order valence-electron chi connectivity index (χ0n) is 23.2. The van der Waals surface area contributed by atoms with E-state index in [0.717, 1.165) is 16.7 Å². The molecule has 3 amide bonds. The second kappa shape index (κ2) is 12.2. The Morgan fingerprint density at radius 3 is 2.20 bits per heavy atom. The lowest BCUT2D eigenvalue weighted by molar-refractivity contribution is -0.143. The van der Waals surface area contributed by atoms with Crippen molar-refractivity contribution in [1.82, 2.24) is 15.5 Å². The number of hydrogen-bond donors (Lipinski definition) is 2. The van der Waals surface area contributed by atoms with Crippen LogP contribution in [0.3, 0.4) is 0 Å². The van der Waals surface area contributed by atoms with Crippen LogP contribution >= 0.6 is 0 Å². The molecule has 0 fully saturated rings. The smallest absolute Gasteiger partial charge is 0.408 e. The molecule has 0 saturated carbocycles. The van der Waals surface area contributed by atoms with Crippen LogP contribution in [0.25, 0.3) is 0 Å². The maximum atomic E-state index is 14.0. The number of carbonyl (C=O) groups excluding carboxylic acids is 3. The third-order valence-corrected chi connectivity index (χ3v) is 5.55. The summed E-state index contributed by atoms with van der Waals surface area (Å²) < 4.78 is 5.43. The summed E-state index contributed by atoms with van der Waals surface area (Å²) in [5, 5.41) is 5.80. The van der Waals surface area contributed by atoms with Crippen molar-refractivity contribution in [2.45, 2.75) is 98.9 Å². The fourth-order valence-electron chi connectivity index (χ4n) is 3.70.